The topological polar surface area (TPSA) is 72.2 Å². The Bertz CT molecular complexity index is 634. The van der Waals surface area contributed by atoms with Crippen molar-refractivity contribution in [2.45, 2.75) is 58.3 Å². The number of hydrogen-bond acceptors (Lipinski definition) is 4. The second-order valence-corrected chi connectivity index (χ2v) is 6.88. The van der Waals surface area contributed by atoms with Crippen LogP contribution in [0, 0.1) is 0 Å². The van der Waals surface area contributed by atoms with Crippen molar-refractivity contribution < 1.29 is 19.3 Å². The Morgan fingerprint density at radius 2 is 1.81 bits per heavy atom. The minimum Gasteiger partial charge on any atom is -0.545 e. The molecule has 0 fully saturated rings. The summed E-state index contributed by atoms with van der Waals surface area (Å²) in [4.78, 5) is 22.4. The van der Waals surface area contributed by atoms with Crippen molar-refractivity contribution in [3.63, 3.8) is 0 Å². The molecule has 0 spiro atoms. The Hall–Kier alpha value is -2.17. The number of amidine groups is 1. The molecule has 0 aliphatic carbocycles. The lowest BCUT2D eigenvalue weighted by Crippen LogP contribution is -2.40. The number of Topliss-reactive ketones (excluding diaryl/α,β-unsaturated/α-hetero) is 1. The van der Waals surface area contributed by atoms with Gasteiger partial charge in [0.2, 0.25) is 5.84 Å². The first-order valence-corrected chi connectivity index (χ1v) is 9.81. The van der Waals surface area contributed by atoms with Crippen molar-refractivity contribution in [3.05, 3.63) is 35.4 Å². The molecule has 0 saturated carbocycles. The van der Waals surface area contributed by atoms with E-state index in [1.54, 1.807) is 12.1 Å². The van der Waals surface area contributed by atoms with E-state index in [4.69, 9.17) is 0 Å². The molecule has 26 heavy (non-hydrogen) atoms. The molecule has 2 heterocycles. The summed E-state index contributed by atoms with van der Waals surface area (Å²) < 4.78 is 2.54. The molecule has 0 unspecified atom stereocenters. The van der Waals surface area contributed by atoms with Crippen molar-refractivity contribution in [1.29, 1.82) is 0 Å². The van der Waals surface area contributed by atoms with Gasteiger partial charge >= 0.3 is 0 Å². The van der Waals surface area contributed by atoms with Gasteiger partial charge in [-0.2, -0.15) is 0 Å². The Morgan fingerprint density at radius 3 is 2.54 bits per heavy atom. The zero-order valence-corrected chi connectivity index (χ0v) is 15.8. The molecule has 5 nitrogen and oxygen atoms in total. The number of nitrogens with one attached hydrogen (secondary N) is 1. The number of carboxylic acid groups (broad SMARTS) is 1. The third kappa shape index (κ3) is 5.97. The van der Waals surface area contributed by atoms with Crippen LogP contribution in [-0.4, -0.2) is 41.8 Å². The number of hydrogen-bond donors (Lipinski definition) is 1. The molecule has 1 N–H and O–H groups in total. The summed E-state index contributed by atoms with van der Waals surface area (Å²) in [6, 6.07) is 6.17. The fourth-order valence-corrected chi connectivity index (χ4v) is 3.39. The van der Waals surface area contributed by atoms with E-state index in [2.05, 4.69) is 9.89 Å². The fourth-order valence-electron chi connectivity index (χ4n) is 3.39. The summed E-state index contributed by atoms with van der Waals surface area (Å²) in [5.74, 6) is 0.0980. The highest BCUT2D eigenvalue weighted by Crippen LogP contribution is 2.12. The van der Waals surface area contributed by atoms with Crippen molar-refractivity contribution in [2.24, 2.45) is 0 Å². The van der Waals surface area contributed by atoms with Crippen molar-refractivity contribution in [1.82, 2.24) is 5.32 Å². The van der Waals surface area contributed by atoms with E-state index < -0.39 is 5.97 Å². The van der Waals surface area contributed by atoms with E-state index in [1.165, 1.54) is 69.7 Å². The van der Waals surface area contributed by atoms with Crippen LogP contribution in [0.25, 0.3) is 0 Å². The molecular weight excluding hydrogens is 328 g/mol. The normalized spacial score (nSPS) is 16.5. The van der Waals surface area contributed by atoms with Gasteiger partial charge < -0.3 is 9.90 Å². The van der Waals surface area contributed by atoms with E-state index in [1.807, 2.05) is 6.92 Å². The van der Waals surface area contributed by atoms with Gasteiger partial charge in [0.25, 0.3) is 0 Å². The van der Waals surface area contributed by atoms with Gasteiger partial charge in [0, 0.05) is 30.4 Å². The van der Waals surface area contributed by atoms with Crippen LogP contribution < -0.4 is 10.4 Å². The molecule has 3 rings (SSSR count). The van der Waals surface area contributed by atoms with Gasteiger partial charge in [-0.15, -0.1) is 0 Å². The smallest absolute Gasteiger partial charge is 0.244 e. The predicted octanol–water partition coefficient (Wildman–Crippen LogP) is 2.39. The maximum Gasteiger partial charge on any atom is 0.244 e. The summed E-state index contributed by atoms with van der Waals surface area (Å²) in [5.41, 5.74) is 0.240. The standard InChI is InChI=1S/C12H14O3.C9H16N2/c1-2-3-8-11(13)9-6-4-5-7-10(9)12(14)15;1-2-5-9-10-6-4-8-11(9)7-3-1/h4-7H,2-3,8H2,1H3,(H,14,15);1-8H2. The largest absolute Gasteiger partial charge is 0.545 e. The molecule has 0 radical (unpaired) electrons. The Morgan fingerprint density at radius 1 is 1.08 bits per heavy atom. The van der Waals surface area contributed by atoms with Crippen LogP contribution in [0.3, 0.4) is 0 Å². The monoisotopic (exact) mass is 358 g/mol. The molecule has 1 aromatic rings. The molecule has 2 aliphatic rings. The Balaban J connectivity index is 0.000000195. The van der Waals surface area contributed by atoms with Gasteiger partial charge in [-0.25, -0.2) is 0 Å². The van der Waals surface area contributed by atoms with Gasteiger partial charge in [0.15, 0.2) is 5.78 Å². The molecule has 0 aromatic heterocycles. The van der Waals surface area contributed by atoms with Crippen molar-refractivity contribution in [3.8, 4) is 0 Å². The molecule has 142 valence electrons. The second kappa shape index (κ2) is 10.7. The summed E-state index contributed by atoms with van der Waals surface area (Å²) >= 11 is 0. The average molecular weight is 358 g/mol. The number of carbonyl (C=O) groups is 2. The van der Waals surface area contributed by atoms with E-state index in [0.29, 0.717) is 6.42 Å². The third-order valence-electron chi connectivity index (χ3n) is 4.86. The highest BCUT2D eigenvalue weighted by atomic mass is 16.4. The van der Waals surface area contributed by atoms with Gasteiger partial charge in [0.05, 0.1) is 25.6 Å². The summed E-state index contributed by atoms with van der Waals surface area (Å²) in [6.07, 6.45) is 8.90. The van der Waals surface area contributed by atoms with Crippen LogP contribution in [-0.2, 0) is 0 Å². The first kappa shape index (κ1) is 20.1. The number of benzene rings is 1. The number of aromatic carboxylic acids is 1. The average Bonchev–Trinajstić information content (AvgIpc) is 2.92. The van der Waals surface area contributed by atoms with Gasteiger partial charge in [-0.3, -0.25) is 14.7 Å². The van der Waals surface area contributed by atoms with Crippen LogP contribution in [0.4, 0.5) is 0 Å². The third-order valence-corrected chi connectivity index (χ3v) is 4.86. The van der Waals surface area contributed by atoms with Crippen molar-refractivity contribution >= 4 is 17.6 Å². The Kier molecular flexibility index (Phi) is 8.32. The fraction of sp³-hybridized carbons (Fsp3) is 0.571. The lowest BCUT2D eigenvalue weighted by Gasteiger charge is -2.14. The first-order chi connectivity index (χ1) is 12.6. The lowest BCUT2D eigenvalue weighted by atomic mass is 10.0. The molecule has 5 heteroatoms. The summed E-state index contributed by atoms with van der Waals surface area (Å²) in [7, 11) is 0. The molecule has 0 atom stereocenters. The molecule has 1 aromatic carbocycles. The van der Waals surface area contributed by atoms with E-state index in [9.17, 15) is 14.7 Å². The lowest BCUT2D eigenvalue weighted by molar-refractivity contribution is -0.534. The number of nitrogens with zero attached hydrogens (tertiary/aromatic N) is 1. The summed E-state index contributed by atoms with van der Waals surface area (Å²) in [6.45, 7) is 5.77. The molecule has 0 saturated heterocycles. The van der Waals surface area contributed by atoms with E-state index >= 15 is 0 Å². The maximum atomic E-state index is 11.6. The van der Waals surface area contributed by atoms with Crippen LogP contribution >= 0.6 is 0 Å². The van der Waals surface area contributed by atoms with Gasteiger partial charge in [-0.05, 0) is 25.7 Å². The van der Waals surface area contributed by atoms with Crippen LogP contribution in [0.2, 0.25) is 0 Å². The van der Waals surface area contributed by atoms with Crippen molar-refractivity contribution in [2.75, 3.05) is 19.6 Å². The quantitative estimate of drug-likeness (QED) is 0.648. The number of carboxylic acids is 1. The molecule has 2 aliphatic heterocycles. The maximum absolute atomic E-state index is 11.6. The minimum atomic E-state index is -1.30. The predicted molar refractivity (Wildman–Crippen MR) is 101 cm³/mol. The van der Waals surface area contributed by atoms with Crippen LogP contribution in [0.1, 0.15) is 79.0 Å². The number of unbranched alkanes of at least 4 members (excludes halogenated alkanes) is 1. The zero-order valence-electron chi connectivity index (χ0n) is 15.8. The summed E-state index contributed by atoms with van der Waals surface area (Å²) in [5, 5.41) is 14.2. The SMILES string of the molecule is C1CCC2=[N+](CC1)CCCN2.CCCCC(=O)c1ccccc1C(=O)[O-]. The number of carbonyl (C=O) groups excluding carboxylic acids is 2. The highest BCUT2D eigenvalue weighted by molar-refractivity contribution is 6.05. The molecule has 0 amide bonds. The number of rotatable bonds is 5. The first-order valence-electron chi connectivity index (χ1n) is 9.81. The van der Waals surface area contributed by atoms with E-state index in [0.717, 1.165) is 12.8 Å². The molecular formula is C21H30N2O3. The second-order valence-electron chi connectivity index (χ2n) is 6.88. The van der Waals surface area contributed by atoms with E-state index in [-0.39, 0.29) is 16.9 Å². The van der Waals surface area contributed by atoms with Crippen LogP contribution in [0.5, 0.6) is 0 Å². The van der Waals surface area contributed by atoms with Gasteiger partial charge in [-0.1, -0.05) is 37.6 Å². The highest BCUT2D eigenvalue weighted by Gasteiger charge is 2.19. The van der Waals surface area contributed by atoms with Crippen LogP contribution in [0.15, 0.2) is 24.3 Å². The Labute approximate surface area is 156 Å². The minimum absolute atomic E-state index is 0.0152. The van der Waals surface area contributed by atoms with Gasteiger partial charge in [0.1, 0.15) is 0 Å². The zero-order chi connectivity index (χ0) is 18.8. The molecule has 0 bridgehead atoms. The number of ketones is 1.